The van der Waals surface area contributed by atoms with Crippen molar-refractivity contribution in [3.05, 3.63) is 66.5 Å². The van der Waals surface area contributed by atoms with E-state index in [0.717, 1.165) is 18.4 Å². The molecule has 0 saturated carbocycles. The Morgan fingerprint density at radius 1 is 1.04 bits per heavy atom. The summed E-state index contributed by atoms with van der Waals surface area (Å²) in [5.74, 6) is -0.803. The van der Waals surface area contributed by atoms with Crippen LogP contribution in [-0.2, 0) is 9.84 Å². The van der Waals surface area contributed by atoms with Gasteiger partial charge in [0.1, 0.15) is 5.75 Å². The molecule has 7 heteroatoms. The van der Waals surface area contributed by atoms with E-state index in [4.69, 9.17) is 4.74 Å². The fourth-order valence-electron chi connectivity index (χ4n) is 2.20. The summed E-state index contributed by atoms with van der Waals surface area (Å²) in [7, 11) is -3.32. The average Bonchev–Trinajstić information content (AvgIpc) is 2.58. The molecule has 0 spiro atoms. The number of aromatic nitrogens is 1. The van der Waals surface area contributed by atoms with E-state index < -0.39 is 21.4 Å². The zero-order valence-corrected chi connectivity index (χ0v) is 14.0. The normalized spacial score (nSPS) is 11.3. The second kappa shape index (κ2) is 6.52. The van der Waals surface area contributed by atoms with Gasteiger partial charge in [0, 0.05) is 24.0 Å². The molecule has 1 aromatic heterocycles. The van der Waals surface area contributed by atoms with Gasteiger partial charge >= 0.3 is 0 Å². The van der Waals surface area contributed by atoms with E-state index in [2.05, 4.69) is 4.98 Å². The number of rotatable bonds is 4. The van der Waals surface area contributed by atoms with Crippen LogP contribution in [0.25, 0.3) is 11.3 Å². The van der Waals surface area contributed by atoms with E-state index in [1.807, 2.05) is 0 Å². The van der Waals surface area contributed by atoms with E-state index in [0.29, 0.717) is 11.3 Å². The zero-order chi connectivity index (χ0) is 18.0. The van der Waals surface area contributed by atoms with Crippen molar-refractivity contribution in [1.82, 2.24) is 4.98 Å². The fraction of sp³-hybridized carbons (Fsp3) is 0.0556. The van der Waals surface area contributed by atoms with Crippen LogP contribution in [0, 0.1) is 5.82 Å². The lowest BCUT2D eigenvalue weighted by Gasteiger charge is -2.08. The molecule has 0 aliphatic rings. The molecule has 0 aliphatic heterocycles. The number of pyridine rings is 1. The number of hydrogen-bond acceptors (Lipinski definition) is 5. The maximum Gasteiger partial charge on any atom is 0.219 e. The Bertz CT molecular complexity index is 1030. The molecule has 0 unspecified atom stereocenters. The Hall–Kier alpha value is -2.93. The minimum absolute atomic E-state index is 0.196. The minimum Gasteiger partial charge on any atom is -0.505 e. The lowest BCUT2D eigenvalue weighted by Crippen LogP contribution is -1.97. The first kappa shape index (κ1) is 16.9. The van der Waals surface area contributed by atoms with Crippen molar-refractivity contribution in [2.75, 3.05) is 6.26 Å². The van der Waals surface area contributed by atoms with Crippen LogP contribution in [0.5, 0.6) is 17.4 Å². The lowest BCUT2D eigenvalue weighted by atomic mass is 10.1. The summed E-state index contributed by atoms with van der Waals surface area (Å²) in [6.45, 7) is 0. The van der Waals surface area contributed by atoms with Crippen LogP contribution in [0.3, 0.4) is 0 Å². The molecule has 0 amide bonds. The molecule has 3 rings (SSSR count). The summed E-state index contributed by atoms with van der Waals surface area (Å²) in [4.78, 5) is 4.52. The van der Waals surface area contributed by atoms with Gasteiger partial charge in [-0.3, -0.25) is 0 Å². The van der Waals surface area contributed by atoms with Gasteiger partial charge in [0.25, 0.3) is 0 Å². The number of sulfone groups is 1. The van der Waals surface area contributed by atoms with E-state index in [-0.39, 0.29) is 16.5 Å². The Balaban J connectivity index is 1.93. The van der Waals surface area contributed by atoms with Gasteiger partial charge in [-0.2, -0.15) is 0 Å². The zero-order valence-electron chi connectivity index (χ0n) is 13.2. The highest BCUT2D eigenvalue weighted by Crippen LogP contribution is 2.28. The molecule has 0 aliphatic carbocycles. The molecule has 1 heterocycles. The number of aromatic hydroxyl groups is 1. The number of benzene rings is 2. The monoisotopic (exact) mass is 359 g/mol. The van der Waals surface area contributed by atoms with Gasteiger partial charge in [-0.25, -0.2) is 17.8 Å². The van der Waals surface area contributed by atoms with Crippen LogP contribution in [0.4, 0.5) is 4.39 Å². The number of hydrogen-bond donors (Lipinski definition) is 1. The number of ether oxygens (including phenoxy) is 1. The third-order valence-electron chi connectivity index (χ3n) is 3.42. The molecule has 0 bridgehead atoms. The summed E-state index contributed by atoms with van der Waals surface area (Å²) in [6.07, 6.45) is 1.14. The molecule has 0 atom stereocenters. The first-order valence-corrected chi connectivity index (χ1v) is 9.16. The summed E-state index contributed by atoms with van der Waals surface area (Å²) in [5.41, 5.74) is 1.14. The Kier molecular flexibility index (Phi) is 4.41. The van der Waals surface area contributed by atoms with Gasteiger partial charge in [-0.05, 0) is 30.3 Å². The van der Waals surface area contributed by atoms with Crippen LogP contribution in [-0.4, -0.2) is 24.8 Å². The molecule has 128 valence electrons. The summed E-state index contributed by atoms with van der Waals surface area (Å²) >= 11 is 0. The first-order valence-electron chi connectivity index (χ1n) is 7.27. The minimum atomic E-state index is -3.32. The third kappa shape index (κ3) is 3.95. The number of nitrogens with zero attached hydrogens (tertiary/aromatic N) is 1. The summed E-state index contributed by atoms with van der Waals surface area (Å²) in [5, 5.41) is 9.39. The van der Waals surface area contributed by atoms with Crippen LogP contribution in [0.1, 0.15) is 0 Å². The van der Waals surface area contributed by atoms with Crippen molar-refractivity contribution < 1.29 is 22.7 Å². The molecule has 1 N–H and O–H groups in total. The molecule has 3 aromatic rings. The van der Waals surface area contributed by atoms with Gasteiger partial charge in [0.05, 0.1) is 10.6 Å². The van der Waals surface area contributed by atoms with Crippen molar-refractivity contribution in [2.45, 2.75) is 4.90 Å². The van der Waals surface area contributed by atoms with Gasteiger partial charge in [-0.1, -0.05) is 18.2 Å². The van der Waals surface area contributed by atoms with Gasteiger partial charge in [0.2, 0.25) is 5.88 Å². The van der Waals surface area contributed by atoms with Crippen molar-refractivity contribution in [1.29, 1.82) is 0 Å². The highest BCUT2D eigenvalue weighted by Gasteiger charge is 2.10. The second-order valence-corrected chi connectivity index (χ2v) is 7.39. The number of halogens is 1. The average molecular weight is 359 g/mol. The highest BCUT2D eigenvalue weighted by atomic mass is 32.2. The quantitative estimate of drug-likeness (QED) is 0.767. The van der Waals surface area contributed by atoms with E-state index in [9.17, 15) is 17.9 Å². The van der Waals surface area contributed by atoms with Crippen molar-refractivity contribution in [3.8, 4) is 28.6 Å². The van der Waals surface area contributed by atoms with E-state index in [1.165, 1.54) is 18.2 Å². The van der Waals surface area contributed by atoms with Crippen LogP contribution in [0.2, 0.25) is 0 Å². The van der Waals surface area contributed by atoms with Crippen LogP contribution < -0.4 is 4.74 Å². The molecule has 0 fully saturated rings. The molecule has 5 nitrogen and oxygen atoms in total. The summed E-state index contributed by atoms with van der Waals surface area (Å²) in [6, 6.07) is 15.1. The highest BCUT2D eigenvalue weighted by molar-refractivity contribution is 7.90. The fourth-order valence-corrected chi connectivity index (χ4v) is 2.86. The van der Waals surface area contributed by atoms with Crippen molar-refractivity contribution in [2.24, 2.45) is 0 Å². The molecular weight excluding hydrogens is 345 g/mol. The smallest absolute Gasteiger partial charge is 0.219 e. The molecule has 25 heavy (non-hydrogen) atoms. The predicted octanol–water partition coefficient (Wildman–Crippen LogP) is 3.79. The lowest BCUT2D eigenvalue weighted by molar-refractivity contribution is 0.418. The molecular formula is C18H14FNO4S. The van der Waals surface area contributed by atoms with E-state index in [1.54, 1.807) is 30.3 Å². The Morgan fingerprint density at radius 2 is 1.80 bits per heavy atom. The summed E-state index contributed by atoms with van der Waals surface area (Å²) < 4.78 is 42.0. The van der Waals surface area contributed by atoms with Gasteiger partial charge in [-0.15, -0.1) is 0 Å². The molecule has 0 saturated heterocycles. The third-order valence-corrected chi connectivity index (χ3v) is 4.53. The molecule has 2 aromatic carbocycles. The number of phenols is 1. The van der Waals surface area contributed by atoms with Crippen LogP contribution in [0.15, 0.2) is 65.6 Å². The Morgan fingerprint density at radius 3 is 2.52 bits per heavy atom. The predicted molar refractivity (Wildman–Crippen MR) is 90.9 cm³/mol. The van der Waals surface area contributed by atoms with Crippen molar-refractivity contribution >= 4 is 9.84 Å². The maximum absolute atomic E-state index is 13.1. The van der Waals surface area contributed by atoms with E-state index >= 15 is 0 Å². The van der Waals surface area contributed by atoms with Gasteiger partial charge in [0.15, 0.2) is 21.4 Å². The topological polar surface area (TPSA) is 76.5 Å². The maximum atomic E-state index is 13.1. The first-order chi connectivity index (χ1) is 11.8. The Labute approximate surface area is 144 Å². The van der Waals surface area contributed by atoms with Crippen LogP contribution >= 0.6 is 0 Å². The largest absolute Gasteiger partial charge is 0.505 e. The van der Waals surface area contributed by atoms with Crippen molar-refractivity contribution in [3.63, 3.8) is 0 Å². The SMILES string of the molecule is CS(=O)(=O)c1cccc(-c2cccc(Oc3ccc(F)c(O)c3)n2)c1. The molecule has 0 radical (unpaired) electrons. The standard InChI is InChI=1S/C18H14FNO4S/c1-25(22,23)14-5-2-4-12(10-14)16-6-3-7-18(20-16)24-13-8-9-15(19)17(21)11-13/h2-11,21H,1H3. The second-order valence-electron chi connectivity index (χ2n) is 5.38. The number of phenolic OH excluding ortho intramolecular Hbond substituents is 1. The van der Waals surface area contributed by atoms with Gasteiger partial charge < -0.3 is 9.84 Å².